The second-order valence-electron chi connectivity index (χ2n) is 4.12. The number of aromatic amines is 1. The summed E-state index contributed by atoms with van der Waals surface area (Å²) in [7, 11) is 0. The van der Waals surface area contributed by atoms with Crippen LogP contribution in [-0.4, -0.2) is 24.1 Å². The summed E-state index contributed by atoms with van der Waals surface area (Å²) >= 11 is 5.81. The van der Waals surface area contributed by atoms with Crippen molar-refractivity contribution in [2.75, 3.05) is 0 Å². The van der Waals surface area contributed by atoms with E-state index in [1.54, 1.807) is 10.7 Å². The summed E-state index contributed by atoms with van der Waals surface area (Å²) in [4.78, 5) is 34.4. The van der Waals surface area contributed by atoms with E-state index >= 15 is 0 Å². The summed E-state index contributed by atoms with van der Waals surface area (Å²) in [5.41, 5.74) is -0.0192. The highest BCUT2D eigenvalue weighted by atomic mass is 35.5. The van der Waals surface area contributed by atoms with E-state index in [1.807, 2.05) is 6.92 Å². The largest absolute Gasteiger partial charge is 0.329 e. The van der Waals surface area contributed by atoms with Gasteiger partial charge in [-0.15, -0.1) is 0 Å². The highest BCUT2D eigenvalue weighted by molar-refractivity contribution is 6.30. The van der Waals surface area contributed by atoms with Gasteiger partial charge in [0.15, 0.2) is 5.82 Å². The quantitative estimate of drug-likeness (QED) is 0.761. The molecular weight excluding hydrogens is 282 g/mol. The Labute approximate surface area is 117 Å². The molecule has 0 atom stereocenters. The molecule has 3 heterocycles. The number of nitrogens with one attached hydrogen (secondary N) is 1. The molecule has 0 spiro atoms. The van der Waals surface area contributed by atoms with Gasteiger partial charge in [-0.05, 0) is 13.0 Å². The van der Waals surface area contributed by atoms with Crippen LogP contribution in [0, 0.1) is 0 Å². The third-order valence-electron chi connectivity index (χ3n) is 2.90. The number of halogens is 1. The van der Waals surface area contributed by atoms with Gasteiger partial charge in [0, 0.05) is 24.4 Å². The number of aromatic nitrogens is 5. The average Bonchev–Trinajstić information content (AvgIpc) is 2.82. The summed E-state index contributed by atoms with van der Waals surface area (Å²) in [5, 5.41) is 0.0227. The normalized spacial score (nSPS) is 11.1. The third-order valence-corrected chi connectivity index (χ3v) is 3.16. The SMILES string of the molecule is CCn1c(-c2cc[nH]c(=O)c2)nc2ncc(Cl)c(=O)n21. The lowest BCUT2D eigenvalue weighted by molar-refractivity contribution is 0.606. The molecule has 0 amide bonds. The summed E-state index contributed by atoms with van der Waals surface area (Å²) in [6, 6.07) is 3.13. The van der Waals surface area contributed by atoms with Crippen molar-refractivity contribution in [2.45, 2.75) is 13.5 Å². The molecule has 0 aromatic carbocycles. The molecule has 0 fully saturated rings. The van der Waals surface area contributed by atoms with Gasteiger partial charge in [0.1, 0.15) is 5.02 Å². The topological polar surface area (TPSA) is 85.0 Å². The number of rotatable bonds is 2. The van der Waals surface area contributed by atoms with Gasteiger partial charge in [-0.25, -0.2) is 4.98 Å². The van der Waals surface area contributed by atoms with Crippen molar-refractivity contribution in [1.29, 1.82) is 0 Å². The monoisotopic (exact) mass is 291 g/mol. The van der Waals surface area contributed by atoms with E-state index in [9.17, 15) is 9.59 Å². The van der Waals surface area contributed by atoms with Crippen LogP contribution in [-0.2, 0) is 6.54 Å². The van der Waals surface area contributed by atoms with E-state index in [0.717, 1.165) is 0 Å². The van der Waals surface area contributed by atoms with Crippen LogP contribution < -0.4 is 11.1 Å². The number of nitrogens with zero attached hydrogens (tertiary/aromatic N) is 4. The van der Waals surface area contributed by atoms with Crippen molar-refractivity contribution < 1.29 is 0 Å². The van der Waals surface area contributed by atoms with Crippen molar-refractivity contribution in [1.82, 2.24) is 24.1 Å². The van der Waals surface area contributed by atoms with Crippen molar-refractivity contribution in [3.63, 3.8) is 0 Å². The molecule has 1 N–H and O–H groups in total. The van der Waals surface area contributed by atoms with Crippen LogP contribution in [0.3, 0.4) is 0 Å². The number of pyridine rings is 1. The van der Waals surface area contributed by atoms with Gasteiger partial charge in [0.25, 0.3) is 11.3 Å². The molecule has 0 bridgehead atoms. The first-order valence-corrected chi connectivity index (χ1v) is 6.33. The molecule has 0 unspecified atom stereocenters. The minimum absolute atomic E-state index is 0.0227. The van der Waals surface area contributed by atoms with Crippen LogP contribution in [0.4, 0.5) is 0 Å². The molecule has 0 aliphatic rings. The lowest BCUT2D eigenvalue weighted by Gasteiger charge is -2.05. The maximum atomic E-state index is 12.1. The summed E-state index contributed by atoms with van der Waals surface area (Å²) < 4.78 is 2.93. The second-order valence-corrected chi connectivity index (χ2v) is 4.52. The molecule has 0 saturated carbocycles. The van der Waals surface area contributed by atoms with E-state index in [-0.39, 0.29) is 21.9 Å². The predicted molar refractivity (Wildman–Crippen MR) is 74.0 cm³/mol. The fourth-order valence-corrected chi connectivity index (χ4v) is 2.17. The first-order chi connectivity index (χ1) is 9.61. The number of fused-ring (bicyclic) bond motifs is 1. The zero-order chi connectivity index (χ0) is 14.3. The van der Waals surface area contributed by atoms with Crippen molar-refractivity contribution in [3.8, 4) is 11.4 Å². The van der Waals surface area contributed by atoms with E-state index < -0.39 is 0 Å². The van der Waals surface area contributed by atoms with E-state index in [2.05, 4.69) is 15.0 Å². The van der Waals surface area contributed by atoms with Gasteiger partial charge in [-0.3, -0.25) is 14.3 Å². The van der Waals surface area contributed by atoms with Crippen LogP contribution in [0.15, 0.2) is 34.1 Å². The van der Waals surface area contributed by atoms with Crippen LogP contribution >= 0.6 is 11.6 Å². The zero-order valence-corrected chi connectivity index (χ0v) is 11.3. The first kappa shape index (κ1) is 12.6. The Bertz CT molecular complexity index is 908. The van der Waals surface area contributed by atoms with Crippen LogP contribution in [0.5, 0.6) is 0 Å². The molecule has 7 nitrogen and oxygen atoms in total. The molecule has 20 heavy (non-hydrogen) atoms. The van der Waals surface area contributed by atoms with E-state index in [4.69, 9.17) is 11.6 Å². The summed E-state index contributed by atoms with van der Waals surface area (Å²) in [6.07, 6.45) is 2.80. The molecule has 0 aliphatic carbocycles. The molecule has 0 radical (unpaired) electrons. The van der Waals surface area contributed by atoms with Gasteiger partial charge in [0.05, 0.1) is 6.20 Å². The maximum Gasteiger partial charge on any atom is 0.292 e. The fraction of sp³-hybridized carbons (Fsp3) is 0.167. The maximum absolute atomic E-state index is 12.1. The molecule has 3 aromatic heterocycles. The molecule has 0 aliphatic heterocycles. The lowest BCUT2D eigenvalue weighted by Crippen LogP contribution is -2.21. The van der Waals surface area contributed by atoms with Gasteiger partial charge >= 0.3 is 0 Å². The average molecular weight is 292 g/mol. The van der Waals surface area contributed by atoms with Crippen LogP contribution in [0.25, 0.3) is 17.2 Å². The number of hydrogen-bond donors (Lipinski definition) is 1. The molecule has 0 saturated heterocycles. The van der Waals surface area contributed by atoms with Crippen LogP contribution in [0.2, 0.25) is 5.02 Å². The molecule has 3 rings (SSSR count). The Morgan fingerprint density at radius 3 is 2.90 bits per heavy atom. The standard InChI is InChI=1S/C12H10ClN5O2/c1-2-17-10(7-3-4-14-9(19)5-7)16-12-15-6-8(13)11(20)18(12)17/h3-6H,2H2,1H3,(H,14,19). The minimum atomic E-state index is -0.387. The number of aryl methyl sites for hydroxylation is 1. The molecule has 102 valence electrons. The fourth-order valence-electron chi connectivity index (χ4n) is 2.05. The van der Waals surface area contributed by atoms with Crippen molar-refractivity contribution in [3.05, 3.63) is 50.3 Å². The second kappa shape index (κ2) is 4.61. The smallest absolute Gasteiger partial charge is 0.292 e. The third kappa shape index (κ3) is 1.83. The Kier molecular flexibility index (Phi) is 2.90. The number of hydrogen-bond acceptors (Lipinski definition) is 4. The Balaban J connectivity index is 2.40. The minimum Gasteiger partial charge on any atom is -0.329 e. The van der Waals surface area contributed by atoms with E-state index in [1.165, 1.54) is 23.0 Å². The highest BCUT2D eigenvalue weighted by Gasteiger charge is 2.15. The van der Waals surface area contributed by atoms with Gasteiger partial charge in [0.2, 0.25) is 5.56 Å². The lowest BCUT2D eigenvalue weighted by atomic mass is 10.2. The molecular formula is C12H10ClN5O2. The van der Waals surface area contributed by atoms with Crippen molar-refractivity contribution >= 4 is 17.4 Å². The molecule has 8 heteroatoms. The Hall–Kier alpha value is -2.41. The predicted octanol–water partition coefficient (Wildman–Crippen LogP) is 0.920. The van der Waals surface area contributed by atoms with Crippen LogP contribution in [0.1, 0.15) is 6.92 Å². The van der Waals surface area contributed by atoms with Gasteiger partial charge in [-0.1, -0.05) is 11.6 Å². The Morgan fingerprint density at radius 2 is 2.20 bits per heavy atom. The zero-order valence-electron chi connectivity index (χ0n) is 10.5. The van der Waals surface area contributed by atoms with Gasteiger partial charge < -0.3 is 4.98 Å². The number of H-pyrrole nitrogens is 1. The Morgan fingerprint density at radius 1 is 1.40 bits per heavy atom. The van der Waals surface area contributed by atoms with Gasteiger partial charge in [-0.2, -0.15) is 9.50 Å². The van der Waals surface area contributed by atoms with E-state index in [0.29, 0.717) is 17.9 Å². The highest BCUT2D eigenvalue weighted by Crippen LogP contribution is 2.16. The summed E-state index contributed by atoms with van der Waals surface area (Å²) in [6.45, 7) is 2.35. The van der Waals surface area contributed by atoms with Crippen molar-refractivity contribution in [2.24, 2.45) is 0 Å². The molecule has 3 aromatic rings. The summed E-state index contributed by atoms with van der Waals surface area (Å²) in [5.74, 6) is 0.738. The first-order valence-electron chi connectivity index (χ1n) is 5.95.